The van der Waals surface area contributed by atoms with Gasteiger partial charge in [0.05, 0.1) is 30.3 Å². The summed E-state index contributed by atoms with van der Waals surface area (Å²) in [6, 6.07) is 14.2. The molecule has 1 saturated heterocycles. The Labute approximate surface area is 169 Å². The minimum Gasteiger partial charge on any atom is -0.496 e. The van der Waals surface area contributed by atoms with E-state index in [2.05, 4.69) is 11.2 Å². The van der Waals surface area contributed by atoms with E-state index in [0.717, 1.165) is 30.0 Å². The molecule has 0 aliphatic carbocycles. The second-order valence-corrected chi connectivity index (χ2v) is 7.34. The number of piperidine rings is 1. The number of carbonyl (C=O) groups excluding carboxylic acids is 1. The number of likely N-dealkylation sites (tertiary alicyclic amines) is 1. The third-order valence-electron chi connectivity index (χ3n) is 5.67. The van der Waals surface area contributed by atoms with Crippen LogP contribution in [0.3, 0.4) is 0 Å². The molecule has 3 aromatic rings. The molecule has 0 radical (unpaired) electrons. The number of ether oxygens (including phenoxy) is 1. The summed E-state index contributed by atoms with van der Waals surface area (Å²) in [5, 5.41) is 4.35. The monoisotopic (exact) mass is 393 g/mol. The molecule has 4 rings (SSSR count). The summed E-state index contributed by atoms with van der Waals surface area (Å²) >= 11 is 0. The van der Waals surface area contributed by atoms with Gasteiger partial charge in [0, 0.05) is 13.1 Å². The number of para-hydroxylation sites is 1. The van der Waals surface area contributed by atoms with E-state index in [4.69, 9.17) is 4.74 Å². The molecule has 2 heterocycles. The highest BCUT2D eigenvalue weighted by atomic mass is 19.1. The summed E-state index contributed by atoms with van der Waals surface area (Å²) in [5.41, 5.74) is 3.29. The molecule has 0 N–H and O–H groups in total. The van der Waals surface area contributed by atoms with E-state index in [-0.39, 0.29) is 11.7 Å². The molecule has 1 aliphatic rings. The first-order valence-electron chi connectivity index (χ1n) is 9.81. The van der Waals surface area contributed by atoms with Gasteiger partial charge >= 0.3 is 0 Å². The number of hydrogen-bond acceptors (Lipinski definition) is 3. The second-order valence-electron chi connectivity index (χ2n) is 7.34. The maximum atomic E-state index is 13.2. The predicted molar refractivity (Wildman–Crippen MR) is 109 cm³/mol. The summed E-state index contributed by atoms with van der Waals surface area (Å²) in [6.07, 6.45) is 3.40. The van der Waals surface area contributed by atoms with Gasteiger partial charge in [-0.1, -0.05) is 18.2 Å². The van der Waals surface area contributed by atoms with Crippen LogP contribution in [0.25, 0.3) is 5.69 Å². The van der Waals surface area contributed by atoms with Gasteiger partial charge in [0.2, 0.25) is 0 Å². The van der Waals surface area contributed by atoms with Crippen LogP contribution >= 0.6 is 0 Å². The van der Waals surface area contributed by atoms with Gasteiger partial charge < -0.3 is 9.64 Å². The molecule has 1 fully saturated rings. The van der Waals surface area contributed by atoms with Gasteiger partial charge in [0.25, 0.3) is 5.91 Å². The van der Waals surface area contributed by atoms with Crippen molar-refractivity contribution in [3.05, 3.63) is 77.4 Å². The lowest BCUT2D eigenvalue weighted by molar-refractivity contribution is 0.0712. The van der Waals surface area contributed by atoms with Gasteiger partial charge in [-0.15, -0.1) is 0 Å². The topological polar surface area (TPSA) is 47.4 Å². The fraction of sp³-hybridized carbons (Fsp3) is 0.304. The predicted octanol–water partition coefficient (Wildman–Crippen LogP) is 4.35. The van der Waals surface area contributed by atoms with E-state index in [0.29, 0.717) is 24.6 Å². The highest BCUT2D eigenvalue weighted by molar-refractivity contribution is 5.95. The van der Waals surface area contributed by atoms with E-state index >= 15 is 0 Å². The van der Waals surface area contributed by atoms with Crippen molar-refractivity contribution in [1.29, 1.82) is 0 Å². The van der Waals surface area contributed by atoms with Crippen LogP contribution in [-0.2, 0) is 0 Å². The molecular formula is C23H24FN3O2. The van der Waals surface area contributed by atoms with Gasteiger partial charge in [0.15, 0.2) is 0 Å². The highest BCUT2D eigenvalue weighted by Gasteiger charge is 2.28. The SMILES string of the molecule is COc1ccccc1C1CCN(C(=O)c2cnn(-c3ccc(F)cc3)c2C)CC1. The molecule has 150 valence electrons. The normalized spacial score (nSPS) is 14.8. The lowest BCUT2D eigenvalue weighted by Gasteiger charge is -2.32. The Kier molecular flexibility index (Phi) is 5.34. The van der Waals surface area contributed by atoms with E-state index in [1.807, 2.05) is 30.0 Å². The summed E-state index contributed by atoms with van der Waals surface area (Å²) in [7, 11) is 1.69. The lowest BCUT2D eigenvalue weighted by atomic mass is 9.88. The number of carbonyl (C=O) groups is 1. The molecular weight excluding hydrogens is 369 g/mol. The molecule has 1 aliphatic heterocycles. The fourth-order valence-corrected chi connectivity index (χ4v) is 4.03. The highest BCUT2D eigenvalue weighted by Crippen LogP contribution is 2.34. The largest absolute Gasteiger partial charge is 0.496 e. The van der Waals surface area contributed by atoms with Crippen LogP contribution in [0.2, 0.25) is 0 Å². The van der Waals surface area contributed by atoms with Crippen molar-refractivity contribution in [2.75, 3.05) is 20.2 Å². The van der Waals surface area contributed by atoms with Crippen LogP contribution in [0.5, 0.6) is 5.75 Å². The number of amides is 1. The molecule has 1 amide bonds. The summed E-state index contributed by atoms with van der Waals surface area (Å²) in [6.45, 7) is 3.26. The van der Waals surface area contributed by atoms with Crippen LogP contribution in [0, 0.1) is 12.7 Å². The fourth-order valence-electron chi connectivity index (χ4n) is 4.03. The first-order valence-corrected chi connectivity index (χ1v) is 9.81. The summed E-state index contributed by atoms with van der Waals surface area (Å²) in [5.74, 6) is 0.994. The maximum absolute atomic E-state index is 13.2. The molecule has 0 atom stereocenters. The van der Waals surface area contributed by atoms with Gasteiger partial charge in [-0.25, -0.2) is 9.07 Å². The van der Waals surface area contributed by atoms with Gasteiger partial charge in [0.1, 0.15) is 11.6 Å². The third-order valence-corrected chi connectivity index (χ3v) is 5.67. The number of halogens is 1. The Morgan fingerprint density at radius 1 is 1.10 bits per heavy atom. The Bertz CT molecular complexity index is 1010. The summed E-state index contributed by atoms with van der Waals surface area (Å²) < 4.78 is 20.4. The zero-order valence-corrected chi connectivity index (χ0v) is 16.6. The van der Waals surface area contributed by atoms with Crippen LogP contribution in [-0.4, -0.2) is 40.8 Å². The van der Waals surface area contributed by atoms with Crippen molar-refractivity contribution >= 4 is 5.91 Å². The average Bonchev–Trinajstić information content (AvgIpc) is 3.15. The minimum atomic E-state index is -0.298. The quantitative estimate of drug-likeness (QED) is 0.662. The average molecular weight is 393 g/mol. The van der Waals surface area contributed by atoms with Crippen LogP contribution in [0.15, 0.2) is 54.7 Å². The van der Waals surface area contributed by atoms with Crippen molar-refractivity contribution < 1.29 is 13.9 Å². The Hall–Kier alpha value is -3.15. The number of nitrogens with zero attached hydrogens (tertiary/aromatic N) is 3. The number of methoxy groups -OCH3 is 1. The summed E-state index contributed by atoms with van der Waals surface area (Å²) in [4.78, 5) is 15.0. The maximum Gasteiger partial charge on any atom is 0.257 e. The first-order chi connectivity index (χ1) is 14.1. The Balaban J connectivity index is 1.47. The smallest absolute Gasteiger partial charge is 0.257 e. The van der Waals surface area contributed by atoms with Gasteiger partial charge in [-0.2, -0.15) is 5.10 Å². The molecule has 5 nitrogen and oxygen atoms in total. The first kappa shape index (κ1) is 19.2. The zero-order chi connectivity index (χ0) is 20.4. The van der Waals surface area contributed by atoms with Crippen LogP contribution in [0.4, 0.5) is 4.39 Å². The van der Waals surface area contributed by atoms with E-state index < -0.39 is 0 Å². The minimum absolute atomic E-state index is 0.00524. The van der Waals surface area contributed by atoms with Gasteiger partial charge in [-0.05, 0) is 61.6 Å². The van der Waals surface area contributed by atoms with Crippen molar-refractivity contribution in [2.45, 2.75) is 25.7 Å². The standard InChI is InChI=1S/C23H24FN3O2/c1-16-21(15-25-27(16)19-9-7-18(24)8-10-19)23(28)26-13-11-17(12-14-26)20-5-3-4-6-22(20)29-2/h3-10,15,17H,11-14H2,1-2H3. The van der Waals surface area contributed by atoms with Crippen molar-refractivity contribution in [1.82, 2.24) is 14.7 Å². The van der Waals surface area contributed by atoms with Crippen LogP contribution < -0.4 is 4.74 Å². The Morgan fingerprint density at radius 2 is 1.79 bits per heavy atom. The molecule has 29 heavy (non-hydrogen) atoms. The van der Waals surface area contributed by atoms with Crippen molar-refractivity contribution in [3.63, 3.8) is 0 Å². The third kappa shape index (κ3) is 3.75. The second kappa shape index (κ2) is 8.07. The number of hydrogen-bond donors (Lipinski definition) is 0. The molecule has 6 heteroatoms. The lowest BCUT2D eigenvalue weighted by Crippen LogP contribution is -2.38. The molecule has 1 aromatic heterocycles. The van der Waals surface area contributed by atoms with Crippen LogP contribution in [0.1, 0.15) is 40.4 Å². The number of benzene rings is 2. The number of rotatable bonds is 4. The molecule has 0 spiro atoms. The molecule has 0 saturated carbocycles. The zero-order valence-electron chi connectivity index (χ0n) is 16.6. The van der Waals surface area contributed by atoms with Crippen molar-refractivity contribution in [2.24, 2.45) is 0 Å². The van der Waals surface area contributed by atoms with E-state index in [1.165, 1.54) is 17.7 Å². The number of aromatic nitrogens is 2. The molecule has 0 bridgehead atoms. The molecule has 2 aromatic carbocycles. The van der Waals surface area contributed by atoms with E-state index in [9.17, 15) is 9.18 Å². The van der Waals surface area contributed by atoms with Gasteiger partial charge in [-0.3, -0.25) is 4.79 Å². The molecule has 0 unspecified atom stereocenters. The van der Waals surface area contributed by atoms with E-state index in [1.54, 1.807) is 30.1 Å². The Morgan fingerprint density at radius 3 is 2.48 bits per heavy atom. The van der Waals surface area contributed by atoms with Crippen molar-refractivity contribution in [3.8, 4) is 11.4 Å².